The average Bonchev–Trinajstić information content (AvgIpc) is 2.99. The van der Waals surface area contributed by atoms with E-state index in [1.54, 1.807) is 18.2 Å². The van der Waals surface area contributed by atoms with Gasteiger partial charge in [-0.25, -0.2) is 9.18 Å². The van der Waals surface area contributed by atoms with Gasteiger partial charge in [-0.15, -0.1) is 0 Å². The fourth-order valence-corrected chi connectivity index (χ4v) is 1.55. The van der Waals surface area contributed by atoms with Gasteiger partial charge in [0.25, 0.3) is 0 Å². The van der Waals surface area contributed by atoms with Gasteiger partial charge < -0.3 is 20.4 Å². The van der Waals surface area contributed by atoms with Crippen LogP contribution in [0.1, 0.15) is 5.76 Å². The van der Waals surface area contributed by atoms with Crippen molar-refractivity contribution in [2.24, 2.45) is 0 Å². The van der Waals surface area contributed by atoms with Gasteiger partial charge in [-0.3, -0.25) is 4.79 Å². The van der Waals surface area contributed by atoms with Crippen LogP contribution < -0.4 is 16.0 Å². The zero-order valence-electron chi connectivity index (χ0n) is 11.1. The van der Waals surface area contributed by atoms with Gasteiger partial charge in [-0.2, -0.15) is 0 Å². The van der Waals surface area contributed by atoms with Crippen LogP contribution in [-0.4, -0.2) is 18.5 Å². The van der Waals surface area contributed by atoms with Crippen LogP contribution in [-0.2, 0) is 11.3 Å². The van der Waals surface area contributed by atoms with Crippen molar-refractivity contribution < 1.29 is 18.4 Å². The number of hydrogen-bond donors (Lipinski definition) is 3. The molecule has 0 aliphatic rings. The molecule has 0 bridgehead atoms. The Bertz CT molecular complexity index is 614. The number of carbonyl (C=O) groups is 2. The van der Waals surface area contributed by atoms with Gasteiger partial charge in [0.15, 0.2) is 0 Å². The van der Waals surface area contributed by atoms with Crippen LogP contribution in [0.25, 0.3) is 0 Å². The minimum atomic E-state index is -0.659. The number of rotatable bonds is 5. The van der Waals surface area contributed by atoms with Crippen molar-refractivity contribution in [2.75, 3.05) is 11.9 Å². The molecule has 0 aliphatic carbocycles. The lowest BCUT2D eigenvalue weighted by Crippen LogP contribution is -2.38. The van der Waals surface area contributed by atoms with E-state index in [2.05, 4.69) is 16.0 Å². The summed E-state index contributed by atoms with van der Waals surface area (Å²) < 4.78 is 18.3. The van der Waals surface area contributed by atoms with Crippen molar-refractivity contribution in [3.8, 4) is 0 Å². The van der Waals surface area contributed by atoms with E-state index in [1.165, 1.54) is 24.5 Å². The first-order valence-electron chi connectivity index (χ1n) is 6.23. The molecule has 6 nitrogen and oxygen atoms in total. The zero-order chi connectivity index (χ0) is 15.1. The Balaban J connectivity index is 1.71. The number of urea groups is 1. The molecule has 1 aromatic carbocycles. The Morgan fingerprint density at radius 3 is 2.62 bits per heavy atom. The highest BCUT2D eigenvalue weighted by molar-refractivity contribution is 5.92. The van der Waals surface area contributed by atoms with Crippen LogP contribution in [0.2, 0.25) is 0 Å². The molecule has 21 heavy (non-hydrogen) atoms. The smallest absolute Gasteiger partial charge is 0.319 e. The van der Waals surface area contributed by atoms with Gasteiger partial charge >= 0.3 is 6.03 Å². The minimum absolute atomic E-state index is 0.0472. The van der Waals surface area contributed by atoms with Gasteiger partial charge in [0, 0.05) is 0 Å². The van der Waals surface area contributed by atoms with Gasteiger partial charge in [0.1, 0.15) is 11.6 Å². The van der Waals surface area contributed by atoms with E-state index in [0.29, 0.717) is 5.76 Å². The van der Waals surface area contributed by atoms with E-state index in [0.717, 1.165) is 0 Å². The fourth-order valence-electron chi connectivity index (χ4n) is 1.55. The SMILES string of the molecule is O=C(CNC(=O)Nc1ccccc1F)NCc1ccco1. The largest absolute Gasteiger partial charge is 0.467 e. The maximum Gasteiger partial charge on any atom is 0.319 e. The molecule has 1 heterocycles. The van der Waals surface area contributed by atoms with Crippen molar-refractivity contribution in [1.29, 1.82) is 0 Å². The third kappa shape index (κ3) is 4.64. The summed E-state index contributed by atoms with van der Waals surface area (Å²) in [6.45, 7) is 0.0173. The Labute approximate surface area is 120 Å². The molecule has 0 saturated carbocycles. The number of amides is 3. The summed E-state index contributed by atoms with van der Waals surface area (Å²) in [5.74, 6) is -0.316. The van der Waals surface area contributed by atoms with Crippen LogP contribution in [0.5, 0.6) is 0 Å². The monoisotopic (exact) mass is 291 g/mol. The maximum atomic E-state index is 13.3. The number of halogens is 1. The van der Waals surface area contributed by atoms with Crippen LogP contribution in [0.15, 0.2) is 47.1 Å². The summed E-state index contributed by atoms with van der Waals surface area (Å²) in [6.07, 6.45) is 1.50. The molecule has 0 spiro atoms. The first-order valence-corrected chi connectivity index (χ1v) is 6.23. The normalized spacial score (nSPS) is 9.95. The molecule has 2 rings (SSSR count). The minimum Gasteiger partial charge on any atom is -0.467 e. The van der Waals surface area contributed by atoms with Crippen LogP contribution in [0.4, 0.5) is 14.9 Å². The molecule has 0 unspecified atom stereocenters. The molecule has 3 N–H and O–H groups in total. The topological polar surface area (TPSA) is 83.4 Å². The number of carbonyl (C=O) groups excluding carboxylic acids is 2. The molecule has 0 fully saturated rings. The number of benzene rings is 1. The molecule has 110 valence electrons. The average molecular weight is 291 g/mol. The maximum absolute atomic E-state index is 13.3. The molecule has 0 saturated heterocycles. The van der Waals surface area contributed by atoms with Gasteiger partial charge in [0.2, 0.25) is 5.91 Å². The van der Waals surface area contributed by atoms with E-state index in [9.17, 15) is 14.0 Å². The van der Waals surface area contributed by atoms with Crippen molar-refractivity contribution in [3.63, 3.8) is 0 Å². The van der Waals surface area contributed by atoms with Crippen LogP contribution in [0.3, 0.4) is 0 Å². The number of furan rings is 1. The number of para-hydroxylation sites is 1. The van der Waals surface area contributed by atoms with Crippen molar-refractivity contribution in [3.05, 3.63) is 54.2 Å². The number of nitrogens with one attached hydrogen (secondary N) is 3. The molecular formula is C14H14FN3O3. The molecule has 7 heteroatoms. The molecule has 2 aromatic rings. The molecular weight excluding hydrogens is 277 g/mol. The summed E-state index contributed by atoms with van der Waals surface area (Å²) in [5, 5.41) is 7.21. The van der Waals surface area contributed by atoms with E-state index >= 15 is 0 Å². The quantitative estimate of drug-likeness (QED) is 0.786. The van der Waals surface area contributed by atoms with Crippen molar-refractivity contribution >= 4 is 17.6 Å². The summed E-state index contributed by atoms with van der Waals surface area (Å²) in [7, 11) is 0. The van der Waals surface area contributed by atoms with Gasteiger partial charge in [-0.05, 0) is 24.3 Å². The van der Waals surface area contributed by atoms with Gasteiger partial charge in [-0.1, -0.05) is 12.1 Å². The van der Waals surface area contributed by atoms with E-state index in [1.807, 2.05) is 0 Å². The van der Waals surface area contributed by atoms with E-state index in [-0.39, 0.29) is 24.7 Å². The van der Waals surface area contributed by atoms with Crippen molar-refractivity contribution in [1.82, 2.24) is 10.6 Å². The first-order chi connectivity index (χ1) is 10.1. The standard InChI is InChI=1S/C14H14FN3O3/c15-11-5-1-2-6-12(11)18-14(20)17-9-13(19)16-8-10-4-3-7-21-10/h1-7H,8-9H2,(H,16,19)(H2,17,18,20). The Morgan fingerprint density at radius 2 is 1.90 bits per heavy atom. The second kappa shape index (κ2) is 7.09. The first kappa shape index (κ1) is 14.6. The van der Waals surface area contributed by atoms with Crippen LogP contribution in [0, 0.1) is 5.82 Å². The molecule has 0 aliphatic heterocycles. The summed E-state index contributed by atoms with van der Waals surface area (Å²) in [4.78, 5) is 23.0. The molecule has 0 atom stereocenters. The van der Waals surface area contributed by atoms with Crippen molar-refractivity contribution in [2.45, 2.75) is 6.54 Å². The fraction of sp³-hybridized carbons (Fsp3) is 0.143. The zero-order valence-corrected chi connectivity index (χ0v) is 11.1. The van der Waals surface area contributed by atoms with E-state index in [4.69, 9.17) is 4.42 Å². The number of anilines is 1. The summed E-state index contributed by atoms with van der Waals surface area (Å²) >= 11 is 0. The highest BCUT2D eigenvalue weighted by Gasteiger charge is 2.08. The van der Waals surface area contributed by atoms with E-state index < -0.39 is 11.8 Å². The Kier molecular flexibility index (Phi) is 4.92. The van der Waals surface area contributed by atoms with Crippen LogP contribution >= 0.6 is 0 Å². The second-order valence-corrected chi connectivity index (χ2v) is 4.14. The molecule has 1 aromatic heterocycles. The molecule has 0 radical (unpaired) electrons. The summed E-state index contributed by atoms with van der Waals surface area (Å²) in [5.41, 5.74) is 0.0472. The highest BCUT2D eigenvalue weighted by Crippen LogP contribution is 2.11. The summed E-state index contributed by atoms with van der Waals surface area (Å²) in [6, 6.07) is 8.53. The second-order valence-electron chi connectivity index (χ2n) is 4.14. The third-order valence-corrected chi connectivity index (χ3v) is 2.57. The Morgan fingerprint density at radius 1 is 1.10 bits per heavy atom. The Hall–Kier alpha value is -2.83. The predicted octanol–water partition coefficient (Wildman–Crippen LogP) is 1.86. The lowest BCUT2D eigenvalue weighted by atomic mass is 10.3. The predicted molar refractivity (Wildman–Crippen MR) is 74.0 cm³/mol. The number of hydrogen-bond acceptors (Lipinski definition) is 3. The molecule has 3 amide bonds. The lowest BCUT2D eigenvalue weighted by molar-refractivity contribution is -0.120. The highest BCUT2D eigenvalue weighted by atomic mass is 19.1. The van der Waals surface area contributed by atoms with Gasteiger partial charge in [0.05, 0.1) is 25.0 Å². The lowest BCUT2D eigenvalue weighted by Gasteiger charge is -2.08. The third-order valence-electron chi connectivity index (χ3n) is 2.57.